The van der Waals surface area contributed by atoms with Crippen LogP contribution in [0.2, 0.25) is 15.1 Å². The number of anilines is 1. The number of aliphatic hydroxyl groups is 1. The monoisotopic (exact) mass is 302 g/mol. The Morgan fingerprint density at radius 3 is 2.50 bits per heavy atom. The van der Waals surface area contributed by atoms with Crippen molar-refractivity contribution < 1.29 is 5.11 Å². The van der Waals surface area contributed by atoms with Crippen LogP contribution in [0.1, 0.15) is 5.56 Å². The Morgan fingerprint density at radius 2 is 1.83 bits per heavy atom. The Labute approximate surface area is 119 Å². The molecule has 0 saturated carbocycles. The summed E-state index contributed by atoms with van der Waals surface area (Å²) in [6, 6.07) is 5.06. The van der Waals surface area contributed by atoms with Gasteiger partial charge in [-0.25, -0.2) is 4.98 Å². The molecule has 1 aromatic heterocycles. The minimum Gasteiger partial charge on any atom is -0.392 e. The number of aromatic nitrogens is 1. The van der Waals surface area contributed by atoms with Gasteiger partial charge in [-0.05, 0) is 17.7 Å². The molecule has 0 amide bonds. The zero-order chi connectivity index (χ0) is 13.3. The SMILES string of the molecule is Nc1ncc(CO)cc1-c1ccc(Cl)c(Cl)c1Cl. The van der Waals surface area contributed by atoms with Crippen LogP contribution >= 0.6 is 34.8 Å². The summed E-state index contributed by atoms with van der Waals surface area (Å²) in [5.74, 6) is 0.312. The van der Waals surface area contributed by atoms with E-state index < -0.39 is 0 Å². The lowest BCUT2D eigenvalue weighted by atomic mass is 10.0. The topological polar surface area (TPSA) is 59.1 Å². The summed E-state index contributed by atoms with van der Waals surface area (Å²) in [6.45, 7) is -0.126. The summed E-state index contributed by atoms with van der Waals surface area (Å²) >= 11 is 18.0. The number of hydrogen-bond acceptors (Lipinski definition) is 3. The lowest BCUT2D eigenvalue weighted by Gasteiger charge is -2.10. The molecular weight excluding hydrogens is 295 g/mol. The lowest BCUT2D eigenvalue weighted by molar-refractivity contribution is 0.281. The largest absolute Gasteiger partial charge is 0.392 e. The molecule has 3 nitrogen and oxygen atoms in total. The van der Waals surface area contributed by atoms with Crippen LogP contribution in [0.4, 0.5) is 5.82 Å². The van der Waals surface area contributed by atoms with Crippen LogP contribution in [-0.4, -0.2) is 10.1 Å². The van der Waals surface area contributed by atoms with Crippen LogP contribution in [0.15, 0.2) is 24.4 Å². The maximum absolute atomic E-state index is 9.11. The first-order valence-electron chi connectivity index (χ1n) is 5.03. The van der Waals surface area contributed by atoms with E-state index in [0.29, 0.717) is 32.6 Å². The van der Waals surface area contributed by atoms with E-state index in [-0.39, 0.29) is 11.6 Å². The average molecular weight is 304 g/mol. The number of benzene rings is 1. The molecule has 0 spiro atoms. The molecule has 2 rings (SSSR count). The number of nitrogens with zero attached hydrogens (tertiary/aromatic N) is 1. The Bertz CT molecular complexity index is 602. The van der Waals surface area contributed by atoms with Gasteiger partial charge in [-0.1, -0.05) is 40.9 Å². The fourth-order valence-electron chi connectivity index (χ4n) is 1.55. The van der Waals surface area contributed by atoms with Crippen LogP contribution in [0, 0.1) is 0 Å². The second-order valence-corrected chi connectivity index (χ2v) is 4.82. The number of hydrogen-bond donors (Lipinski definition) is 2. The first kappa shape index (κ1) is 13.4. The molecule has 0 aliphatic heterocycles. The van der Waals surface area contributed by atoms with E-state index >= 15 is 0 Å². The standard InChI is InChI=1S/C12H9Cl3N2O/c13-9-2-1-7(10(14)11(9)15)8-3-6(5-18)4-17-12(8)16/h1-4,18H,5H2,(H2,16,17). The molecule has 0 unspecified atom stereocenters. The Hall–Kier alpha value is -1.000. The second-order valence-electron chi connectivity index (χ2n) is 3.66. The van der Waals surface area contributed by atoms with E-state index in [2.05, 4.69) is 4.98 Å². The van der Waals surface area contributed by atoms with Gasteiger partial charge in [0.25, 0.3) is 0 Å². The lowest BCUT2D eigenvalue weighted by Crippen LogP contribution is -1.97. The van der Waals surface area contributed by atoms with Crippen molar-refractivity contribution in [2.75, 3.05) is 5.73 Å². The van der Waals surface area contributed by atoms with Crippen molar-refractivity contribution in [2.24, 2.45) is 0 Å². The molecule has 0 atom stereocenters. The Balaban J connectivity index is 2.65. The number of rotatable bonds is 2. The first-order valence-corrected chi connectivity index (χ1v) is 6.17. The van der Waals surface area contributed by atoms with Crippen LogP contribution in [0.25, 0.3) is 11.1 Å². The molecule has 0 bridgehead atoms. The predicted molar refractivity (Wildman–Crippen MR) is 75.0 cm³/mol. The van der Waals surface area contributed by atoms with E-state index in [1.807, 2.05) is 0 Å². The number of nitrogens with two attached hydrogens (primary N) is 1. The number of aliphatic hydroxyl groups excluding tert-OH is 1. The van der Waals surface area contributed by atoms with Crippen molar-refractivity contribution in [2.45, 2.75) is 6.61 Å². The third-order valence-corrected chi connectivity index (χ3v) is 3.78. The highest BCUT2D eigenvalue weighted by Crippen LogP contribution is 2.39. The summed E-state index contributed by atoms with van der Waals surface area (Å²) in [5, 5.41) is 10.1. The maximum Gasteiger partial charge on any atom is 0.131 e. The zero-order valence-corrected chi connectivity index (χ0v) is 11.4. The van der Waals surface area contributed by atoms with Gasteiger partial charge in [-0.15, -0.1) is 0 Å². The van der Waals surface area contributed by atoms with Crippen molar-refractivity contribution in [3.05, 3.63) is 45.0 Å². The minimum atomic E-state index is -0.126. The molecule has 0 aliphatic carbocycles. The van der Waals surface area contributed by atoms with Gasteiger partial charge in [0.2, 0.25) is 0 Å². The molecule has 94 valence electrons. The fraction of sp³-hybridized carbons (Fsp3) is 0.0833. The van der Waals surface area contributed by atoms with Crippen molar-refractivity contribution in [3.8, 4) is 11.1 Å². The molecule has 2 aromatic rings. The molecule has 0 radical (unpaired) electrons. The molecule has 6 heteroatoms. The summed E-state index contributed by atoms with van der Waals surface area (Å²) in [6.07, 6.45) is 1.50. The number of nitrogen functional groups attached to an aromatic ring is 1. The summed E-state index contributed by atoms with van der Waals surface area (Å²) in [7, 11) is 0. The smallest absolute Gasteiger partial charge is 0.131 e. The molecule has 0 aliphatic rings. The number of pyridine rings is 1. The van der Waals surface area contributed by atoms with Gasteiger partial charge in [0.15, 0.2) is 0 Å². The predicted octanol–water partition coefficient (Wildman–Crippen LogP) is 3.78. The van der Waals surface area contributed by atoms with Crippen LogP contribution < -0.4 is 5.73 Å². The van der Waals surface area contributed by atoms with E-state index in [0.717, 1.165) is 0 Å². The third-order valence-electron chi connectivity index (χ3n) is 2.48. The highest BCUT2D eigenvalue weighted by Gasteiger charge is 2.13. The highest BCUT2D eigenvalue weighted by molar-refractivity contribution is 6.49. The molecule has 18 heavy (non-hydrogen) atoms. The summed E-state index contributed by atoms with van der Waals surface area (Å²) in [5.41, 5.74) is 7.69. The molecule has 3 N–H and O–H groups in total. The summed E-state index contributed by atoms with van der Waals surface area (Å²) in [4.78, 5) is 4.00. The van der Waals surface area contributed by atoms with Gasteiger partial charge < -0.3 is 10.8 Å². The normalized spacial score (nSPS) is 10.7. The van der Waals surface area contributed by atoms with E-state index in [1.165, 1.54) is 6.20 Å². The molecule has 0 saturated heterocycles. The third kappa shape index (κ3) is 2.40. The van der Waals surface area contributed by atoms with Gasteiger partial charge in [-0.2, -0.15) is 0 Å². The Kier molecular flexibility index (Phi) is 3.97. The summed E-state index contributed by atoms with van der Waals surface area (Å²) < 4.78 is 0. The van der Waals surface area contributed by atoms with Crippen molar-refractivity contribution in [1.82, 2.24) is 4.98 Å². The zero-order valence-electron chi connectivity index (χ0n) is 9.12. The van der Waals surface area contributed by atoms with Gasteiger partial charge in [-0.3, -0.25) is 0 Å². The minimum absolute atomic E-state index is 0.126. The Morgan fingerprint density at radius 1 is 1.11 bits per heavy atom. The van der Waals surface area contributed by atoms with Crippen LogP contribution in [-0.2, 0) is 6.61 Å². The molecule has 0 fully saturated rings. The van der Waals surface area contributed by atoms with Gasteiger partial charge >= 0.3 is 0 Å². The van der Waals surface area contributed by atoms with Crippen LogP contribution in [0.3, 0.4) is 0 Å². The second kappa shape index (κ2) is 5.33. The van der Waals surface area contributed by atoms with Crippen molar-refractivity contribution in [3.63, 3.8) is 0 Å². The molecule has 1 aromatic carbocycles. The first-order chi connectivity index (χ1) is 8.54. The van der Waals surface area contributed by atoms with E-state index in [1.54, 1.807) is 18.2 Å². The average Bonchev–Trinajstić information content (AvgIpc) is 2.37. The van der Waals surface area contributed by atoms with Crippen molar-refractivity contribution >= 4 is 40.6 Å². The van der Waals surface area contributed by atoms with Gasteiger partial charge in [0.1, 0.15) is 5.82 Å². The molecular formula is C12H9Cl3N2O. The number of halogens is 3. The molecule has 1 heterocycles. The highest BCUT2D eigenvalue weighted by atomic mass is 35.5. The van der Waals surface area contributed by atoms with E-state index in [4.69, 9.17) is 45.6 Å². The van der Waals surface area contributed by atoms with Crippen molar-refractivity contribution in [1.29, 1.82) is 0 Å². The van der Waals surface area contributed by atoms with Crippen LogP contribution in [0.5, 0.6) is 0 Å². The van der Waals surface area contributed by atoms with E-state index in [9.17, 15) is 0 Å². The fourth-order valence-corrected chi connectivity index (χ4v) is 2.19. The van der Waals surface area contributed by atoms with Gasteiger partial charge in [0, 0.05) is 17.3 Å². The maximum atomic E-state index is 9.11. The quantitative estimate of drug-likeness (QED) is 0.830. The van der Waals surface area contributed by atoms with Gasteiger partial charge in [0.05, 0.1) is 21.7 Å².